The Morgan fingerprint density at radius 2 is 1.96 bits per heavy atom. The number of carbonyl (C=O) groups is 1. The number of hydrogen-bond donors (Lipinski definition) is 1. The minimum absolute atomic E-state index is 0.0426. The van der Waals surface area contributed by atoms with Gasteiger partial charge in [0.15, 0.2) is 5.82 Å². The van der Waals surface area contributed by atoms with Gasteiger partial charge >= 0.3 is 0 Å². The summed E-state index contributed by atoms with van der Waals surface area (Å²) >= 11 is 0. The van der Waals surface area contributed by atoms with E-state index in [1.54, 1.807) is 0 Å². The molecule has 1 aliphatic carbocycles. The van der Waals surface area contributed by atoms with Crippen LogP contribution in [0.1, 0.15) is 66.5 Å². The summed E-state index contributed by atoms with van der Waals surface area (Å²) in [7, 11) is 0. The number of amides is 1. The summed E-state index contributed by atoms with van der Waals surface area (Å²) in [6.45, 7) is 0.606. The zero-order valence-corrected chi connectivity index (χ0v) is 13.3. The summed E-state index contributed by atoms with van der Waals surface area (Å²) in [5.74, 6) is 1.98. The SMILES string of the molecule is O=C(NCCCc1nc(C2CCCCC2)no1)c1ccccc1. The van der Waals surface area contributed by atoms with Crippen LogP contribution in [-0.4, -0.2) is 22.6 Å². The average Bonchev–Trinajstić information content (AvgIpc) is 3.09. The fraction of sp³-hybridized carbons (Fsp3) is 0.500. The molecule has 5 heteroatoms. The predicted octanol–water partition coefficient (Wildman–Crippen LogP) is 3.48. The maximum atomic E-state index is 11.9. The van der Waals surface area contributed by atoms with Crippen LogP contribution in [0.15, 0.2) is 34.9 Å². The van der Waals surface area contributed by atoms with Crippen molar-refractivity contribution in [3.05, 3.63) is 47.6 Å². The van der Waals surface area contributed by atoms with E-state index < -0.39 is 0 Å². The monoisotopic (exact) mass is 313 g/mol. The lowest BCUT2D eigenvalue weighted by Crippen LogP contribution is -2.24. The van der Waals surface area contributed by atoms with Crippen molar-refractivity contribution in [3.63, 3.8) is 0 Å². The number of aromatic nitrogens is 2. The standard InChI is InChI=1S/C18H23N3O2/c22-18(15-10-5-2-6-11-15)19-13-7-12-16-20-17(21-23-16)14-8-3-1-4-9-14/h2,5-6,10-11,14H,1,3-4,7-9,12-13H2,(H,19,22). The lowest BCUT2D eigenvalue weighted by molar-refractivity contribution is 0.0953. The fourth-order valence-electron chi connectivity index (χ4n) is 3.03. The average molecular weight is 313 g/mol. The molecule has 2 aromatic rings. The van der Waals surface area contributed by atoms with Gasteiger partial charge in [0.05, 0.1) is 0 Å². The van der Waals surface area contributed by atoms with Gasteiger partial charge in [-0.3, -0.25) is 4.79 Å². The van der Waals surface area contributed by atoms with E-state index in [1.807, 2.05) is 30.3 Å². The Kier molecular flexibility index (Phi) is 5.40. The second-order valence-electron chi connectivity index (χ2n) is 6.11. The third-order valence-electron chi connectivity index (χ3n) is 4.34. The van der Waals surface area contributed by atoms with E-state index in [2.05, 4.69) is 15.5 Å². The van der Waals surface area contributed by atoms with Gasteiger partial charge in [0, 0.05) is 24.4 Å². The zero-order chi connectivity index (χ0) is 15.9. The van der Waals surface area contributed by atoms with Gasteiger partial charge in [-0.15, -0.1) is 0 Å². The number of hydrogen-bond acceptors (Lipinski definition) is 4. The topological polar surface area (TPSA) is 68.0 Å². The molecule has 0 atom stereocenters. The Morgan fingerprint density at radius 1 is 1.17 bits per heavy atom. The fourth-order valence-corrected chi connectivity index (χ4v) is 3.03. The van der Waals surface area contributed by atoms with E-state index in [-0.39, 0.29) is 5.91 Å². The van der Waals surface area contributed by atoms with Gasteiger partial charge in [-0.05, 0) is 31.4 Å². The van der Waals surface area contributed by atoms with Crippen molar-refractivity contribution in [1.82, 2.24) is 15.5 Å². The predicted molar refractivity (Wildman–Crippen MR) is 87.2 cm³/mol. The Bertz CT molecular complexity index is 618. The number of carbonyl (C=O) groups excluding carboxylic acids is 1. The van der Waals surface area contributed by atoms with Crippen molar-refractivity contribution in [2.24, 2.45) is 0 Å². The first kappa shape index (κ1) is 15.7. The minimum Gasteiger partial charge on any atom is -0.352 e. The maximum absolute atomic E-state index is 11.9. The second kappa shape index (κ2) is 7.90. The lowest BCUT2D eigenvalue weighted by Gasteiger charge is -2.17. The van der Waals surface area contributed by atoms with Crippen LogP contribution >= 0.6 is 0 Å². The highest BCUT2D eigenvalue weighted by molar-refractivity contribution is 5.94. The van der Waals surface area contributed by atoms with Crippen molar-refractivity contribution >= 4 is 5.91 Å². The van der Waals surface area contributed by atoms with Gasteiger partial charge in [0.25, 0.3) is 5.91 Å². The Labute approximate surface area is 136 Å². The number of nitrogens with one attached hydrogen (secondary N) is 1. The molecule has 1 saturated carbocycles. The molecule has 0 aliphatic heterocycles. The molecular formula is C18H23N3O2. The molecule has 122 valence electrons. The highest BCUT2D eigenvalue weighted by Crippen LogP contribution is 2.30. The van der Waals surface area contributed by atoms with E-state index in [0.29, 0.717) is 30.3 Å². The number of nitrogens with zero attached hydrogens (tertiary/aromatic N) is 2. The molecule has 3 rings (SSSR count). The molecule has 1 N–H and O–H groups in total. The van der Waals surface area contributed by atoms with Gasteiger partial charge in [-0.2, -0.15) is 4.98 Å². The smallest absolute Gasteiger partial charge is 0.251 e. The Morgan fingerprint density at radius 3 is 2.74 bits per heavy atom. The first-order chi connectivity index (χ1) is 11.3. The van der Waals surface area contributed by atoms with Crippen LogP contribution in [0.5, 0.6) is 0 Å². The van der Waals surface area contributed by atoms with Crippen molar-refractivity contribution in [1.29, 1.82) is 0 Å². The first-order valence-corrected chi connectivity index (χ1v) is 8.48. The molecule has 5 nitrogen and oxygen atoms in total. The Balaban J connectivity index is 1.41. The molecule has 1 fully saturated rings. The molecule has 1 heterocycles. The molecule has 0 unspecified atom stereocenters. The van der Waals surface area contributed by atoms with Crippen LogP contribution in [0, 0.1) is 0 Å². The summed E-state index contributed by atoms with van der Waals surface area (Å²) < 4.78 is 5.34. The van der Waals surface area contributed by atoms with E-state index in [0.717, 1.165) is 12.2 Å². The third kappa shape index (κ3) is 4.41. The molecular weight excluding hydrogens is 290 g/mol. The van der Waals surface area contributed by atoms with Crippen LogP contribution in [0.4, 0.5) is 0 Å². The summed E-state index contributed by atoms with van der Waals surface area (Å²) in [6.07, 6.45) is 7.69. The zero-order valence-electron chi connectivity index (χ0n) is 13.3. The van der Waals surface area contributed by atoms with Crippen LogP contribution in [0.3, 0.4) is 0 Å². The van der Waals surface area contributed by atoms with E-state index in [4.69, 9.17) is 4.52 Å². The van der Waals surface area contributed by atoms with Crippen molar-refractivity contribution in [2.45, 2.75) is 50.9 Å². The quantitative estimate of drug-likeness (QED) is 0.829. The number of benzene rings is 1. The molecule has 0 bridgehead atoms. The van der Waals surface area contributed by atoms with Gasteiger partial charge in [0.2, 0.25) is 5.89 Å². The van der Waals surface area contributed by atoms with Gasteiger partial charge in [0.1, 0.15) is 0 Å². The summed E-state index contributed by atoms with van der Waals surface area (Å²) in [5.41, 5.74) is 0.685. The summed E-state index contributed by atoms with van der Waals surface area (Å²) in [4.78, 5) is 16.4. The second-order valence-corrected chi connectivity index (χ2v) is 6.11. The molecule has 23 heavy (non-hydrogen) atoms. The summed E-state index contributed by atoms with van der Waals surface area (Å²) in [6, 6.07) is 9.24. The van der Waals surface area contributed by atoms with Crippen molar-refractivity contribution < 1.29 is 9.32 Å². The molecule has 0 spiro atoms. The van der Waals surface area contributed by atoms with E-state index in [9.17, 15) is 4.79 Å². The van der Waals surface area contributed by atoms with E-state index in [1.165, 1.54) is 32.1 Å². The normalized spacial score (nSPS) is 15.5. The molecule has 1 aliphatic rings. The van der Waals surface area contributed by atoms with Crippen molar-refractivity contribution in [2.75, 3.05) is 6.54 Å². The number of aryl methyl sites for hydroxylation is 1. The van der Waals surface area contributed by atoms with Crippen molar-refractivity contribution in [3.8, 4) is 0 Å². The highest BCUT2D eigenvalue weighted by atomic mass is 16.5. The van der Waals surface area contributed by atoms with Gasteiger partial charge in [-0.25, -0.2) is 0 Å². The molecule has 0 saturated heterocycles. The molecule has 1 aromatic carbocycles. The summed E-state index contributed by atoms with van der Waals surface area (Å²) in [5, 5.41) is 7.04. The lowest BCUT2D eigenvalue weighted by atomic mass is 9.89. The van der Waals surface area contributed by atoms with Gasteiger partial charge in [-0.1, -0.05) is 42.6 Å². The van der Waals surface area contributed by atoms with Gasteiger partial charge < -0.3 is 9.84 Å². The largest absolute Gasteiger partial charge is 0.352 e. The minimum atomic E-state index is -0.0426. The first-order valence-electron chi connectivity index (χ1n) is 8.48. The molecule has 0 radical (unpaired) electrons. The molecule has 1 aromatic heterocycles. The van der Waals surface area contributed by atoms with Crippen LogP contribution in [0.25, 0.3) is 0 Å². The van der Waals surface area contributed by atoms with E-state index >= 15 is 0 Å². The van der Waals surface area contributed by atoms with Crippen LogP contribution in [-0.2, 0) is 6.42 Å². The number of rotatable bonds is 6. The third-order valence-corrected chi connectivity index (χ3v) is 4.34. The Hall–Kier alpha value is -2.17. The molecule has 1 amide bonds. The van der Waals surface area contributed by atoms with Crippen LogP contribution in [0.2, 0.25) is 0 Å². The van der Waals surface area contributed by atoms with Crippen LogP contribution < -0.4 is 5.32 Å². The maximum Gasteiger partial charge on any atom is 0.251 e. The highest BCUT2D eigenvalue weighted by Gasteiger charge is 2.20.